The Kier molecular flexibility index (Phi) is 9.52. The Morgan fingerprint density at radius 2 is 1.88 bits per heavy atom. The van der Waals surface area contributed by atoms with Crippen molar-refractivity contribution in [3.8, 4) is 0 Å². The van der Waals surface area contributed by atoms with Gasteiger partial charge in [-0.2, -0.15) is 0 Å². The molecule has 3 saturated heterocycles. The number of para-hydroxylation sites is 1. The summed E-state index contributed by atoms with van der Waals surface area (Å²) in [6, 6.07) is 7.92. The SMILES string of the molecule is C=CCN(CCCC)C(=O)C1N([C@@H](CO)CC(C)C)C(=O)[C@@H]2[C@@H](C(=O)N(CC=C)c3ccccc3)[C@H]3CCC12O3. The van der Waals surface area contributed by atoms with Crippen LogP contribution in [0.3, 0.4) is 0 Å². The average molecular weight is 552 g/mol. The number of benzene rings is 1. The standard InChI is InChI=1S/C32H45N3O5/c1-6-9-19-33(17-7-2)31(39)28-32-16-15-25(40-32)26(27(32)30(38)35(28)24(21-36)20-22(4)5)29(37)34(18-8-3)23-13-11-10-12-14-23/h7-8,10-14,22,24-28,36H,2-3,6,9,15-21H2,1,4-5H3/t24-,25-,26+,27+,28?,32?/m1/s1. The molecule has 2 bridgehead atoms. The predicted octanol–water partition coefficient (Wildman–Crippen LogP) is 3.80. The Morgan fingerprint density at radius 3 is 2.48 bits per heavy atom. The van der Waals surface area contributed by atoms with E-state index < -0.39 is 35.6 Å². The second-order valence-electron chi connectivity index (χ2n) is 11.8. The van der Waals surface area contributed by atoms with Gasteiger partial charge in [-0.15, -0.1) is 13.2 Å². The second-order valence-corrected chi connectivity index (χ2v) is 11.8. The topological polar surface area (TPSA) is 90.4 Å². The number of carbonyl (C=O) groups is 3. The highest BCUT2D eigenvalue weighted by atomic mass is 16.5. The van der Waals surface area contributed by atoms with Gasteiger partial charge in [0.15, 0.2) is 0 Å². The van der Waals surface area contributed by atoms with Crippen LogP contribution in [0.1, 0.15) is 52.9 Å². The van der Waals surface area contributed by atoms with Crippen LogP contribution in [0.25, 0.3) is 0 Å². The number of fused-ring (bicyclic) bond motifs is 1. The number of rotatable bonds is 14. The molecule has 6 atom stereocenters. The molecule has 3 heterocycles. The number of amides is 3. The van der Waals surface area contributed by atoms with Crippen molar-refractivity contribution in [2.75, 3.05) is 31.1 Å². The molecule has 8 heteroatoms. The lowest BCUT2D eigenvalue weighted by Crippen LogP contribution is -2.59. The van der Waals surface area contributed by atoms with Crippen LogP contribution < -0.4 is 4.90 Å². The van der Waals surface area contributed by atoms with Gasteiger partial charge in [0.2, 0.25) is 17.7 Å². The maximum Gasteiger partial charge on any atom is 0.248 e. The van der Waals surface area contributed by atoms with Crippen molar-refractivity contribution in [3.05, 3.63) is 55.6 Å². The summed E-state index contributed by atoms with van der Waals surface area (Å²) in [5, 5.41) is 10.5. The van der Waals surface area contributed by atoms with Crippen molar-refractivity contribution in [2.24, 2.45) is 17.8 Å². The molecule has 8 nitrogen and oxygen atoms in total. The smallest absolute Gasteiger partial charge is 0.248 e. The molecule has 0 radical (unpaired) electrons. The van der Waals surface area contributed by atoms with E-state index in [0.717, 1.165) is 18.5 Å². The number of unbranched alkanes of at least 4 members (excludes halogenated alkanes) is 1. The molecule has 2 unspecified atom stereocenters. The first-order valence-corrected chi connectivity index (χ1v) is 14.7. The van der Waals surface area contributed by atoms with Crippen LogP contribution in [0.5, 0.6) is 0 Å². The number of aliphatic hydroxyl groups is 1. The lowest BCUT2D eigenvalue weighted by atomic mass is 9.70. The molecule has 4 rings (SSSR count). The maximum atomic E-state index is 14.4. The van der Waals surface area contributed by atoms with Gasteiger partial charge in [0.1, 0.15) is 11.6 Å². The van der Waals surface area contributed by atoms with E-state index in [1.165, 1.54) is 0 Å². The largest absolute Gasteiger partial charge is 0.394 e. The minimum absolute atomic E-state index is 0.189. The van der Waals surface area contributed by atoms with Gasteiger partial charge in [-0.3, -0.25) is 14.4 Å². The Morgan fingerprint density at radius 1 is 1.18 bits per heavy atom. The van der Waals surface area contributed by atoms with Gasteiger partial charge >= 0.3 is 0 Å². The molecule has 1 spiro atoms. The van der Waals surface area contributed by atoms with Crippen molar-refractivity contribution in [2.45, 2.75) is 76.7 Å². The van der Waals surface area contributed by atoms with E-state index in [1.807, 2.05) is 44.2 Å². The number of aliphatic hydroxyl groups excluding tert-OH is 1. The van der Waals surface area contributed by atoms with Gasteiger partial charge in [-0.1, -0.05) is 57.5 Å². The fraction of sp³-hybridized carbons (Fsp3) is 0.594. The molecule has 1 aromatic carbocycles. The fourth-order valence-electron chi connectivity index (χ4n) is 7.07. The molecule has 0 saturated carbocycles. The normalized spacial score (nSPS) is 27.5. The Balaban J connectivity index is 1.78. The van der Waals surface area contributed by atoms with Crippen molar-refractivity contribution in [1.29, 1.82) is 0 Å². The summed E-state index contributed by atoms with van der Waals surface area (Å²) in [5.41, 5.74) is -0.380. The maximum absolute atomic E-state index is 14.4. The van der Waals surface area contributed by atoms with Crippen LogP contribution in [-0.2, 0) is 19.1 Å². The molecule has 0 aromatic heterocycles. The third-order valence-electron chi connectivity index (χ3n) is 8.69. The summed E-state index contributed by atoms with van der Waals surface area (Å²) >= 11 is 0. The zero-order valence-corrected chi connectivity index (χ0v) is 24.2. The molecule has 0 aliphatic carbocycles. The highest BCUT2D eigenvalue weighted by molar-refractivity contribution is 6.03. The lowest BCUT2D eigenvalue weighted by molar-refractivity contribution is -0.151. The highest BCUT2D eigenvalue weighted by Gasteiger charge is 2.75. The number of likely N-dealkylation sites (tertiary alicyclic amines) is 1. The highest BCUT2D eigenvalue weighted by Crippen LogP contribution is 2.59. The van der Waals surface area contributed by atoms with E-state index in [-0.39, 0.29) is 30.2 Å². The quantitative estimate of drug-likeness (QED) is 0.355. The van der Waals surface area contributed by atoms with Crippen LogP contribution >= 0.6 is 0 Å². The third-order valence-corrected chi connectivity index (χ3v) is 8.69. The number of hydrogen-bond acceptors (Lipinski definition) is 5. The molecule has 3 fully saturated rings. The Hall–Kier alpha value is -2.97. The lowest BCUT2D eigenvalue weighted by Gasteiger charge is -2.39. The number of ether oxygens (including phenoxy) is 1. The number of anilines is 1. The first-order valence-electron chi connectivity index (χ1n) is 14.7. The Labute approximate surface area is 238 Å². The summed E-state index contributed by atoms with van der Waals surface area (Å²) in [4.78, 5) is 48.1. The van der Waals surface area contributed by atoms with Gasteiger partial charge in [-0.25, -0.2) is 0 Å². The van der Waals surface area contributed by atoms with Crippen LogP contribution in [0.15, 0.2) is 55.6 Å². The molecule has 40 heavy (non-hydrogen) atoms. The van der Waals surface area contributed by atoms with E-state index in [1.54, 1.807) is 26.9 Å². The molecular formula is C32H45N3O5. The van der Waals surface area contributed by atoms with E-state index in [9.17, 15) is 19.5 Å². The summed E-state index contributed by atoms with van der Waals surface area (Å²) in [6.07, 6.45) is 6.33. The third kappa shape index (κ3) is 5.23. The van der Waals surface area contributed by atoms with Crippen LogP contribution in [-0.4, -0.2) is 82.7 Å². The van der Waals surface area contributed by atoms with Crippen molar-refractivity contribution in [1.82, 2.24) is 9.80 Å². The van der Waals surface area contributed by atoms with Crippen molar-refractivity contribution in [3.63, 3.8) is 0 Å². The van der Waals surface area contributed by atoms with Crippen LogP contribution in [0.4, 0.5) is 5.69 Å². The molecule has 218 valence electrons. The molecule has 1 aromatic rings. The minimum atomic E-state index is -1.11. The van der Waals surface area contributed by atoms with Crippen LogP contribution in [0, 0.1) is 17.8 Å². The zero-order chi connectivity index (χ0) is 29.0. The van der Waals surface area contributed by atoms with Gasteiger partial charge < -0.3 is 24.5 Å². The predicted molar refractivity (Wildman–Crippen MR) is 155 cm³/mol. The molecular weight excluding hydrogens is 506 g/mol. The number of carbonyl (C=O) groups excluding carboxylic acids is 3. The summed E-state index contributed by atoms with van der Waals surface area (Å²) in [7, 11) is 0. The summed E-state index contributed by atoms with van der Waals surface area (Å²) in [5.74, 6) is -1.96. The number of nitrogens with zero attached hydrogens (tertiary/aromatic N) is 3. The van der Waals surface area contributed by atoms with E-state index in [4.69, 9.17) is 4.74 Å². The van der Waals surface area contributed by atoms with Crippen molar-refractivity contribution >= 4 is 23.4 Å². The molecule has 1 N–H and O–H groups in total. The molecule has 3 aliphatic heterocycles. The Bertz CT molecular complexity index is 1090. The number of hydrogen-bond donors (Lipinski definition) is 1. The molecule has 3 amide bonds. The van der Waals surface area contributed by atoms with Gasteiger partial charge in [0.05, 0.1) is 30.6 Å². The fourth-order valence-corrected chi connectivity index (χ4v) is 7.07. The van der Waals surface area contributed by atoms with E-state index >= 15 is 0 Å². The van der Waals surface area contributed by atoms with Gasteiger partial charge in [0.25, 0.3) is 0 Å². The van der Waals surface area contributed by atoms with E-state index in [2.05, 4.69) is 20.1 Å². The molecule has 3 aliphatic rings. The average Bonchev–Trinajstić information content (AvgIpc) is 3.59. The van der Waals surface area contributed by atoms with Gasteiger partial charge in [-0.05, 0) is 43.7 Å². The van der Waals surface area contributed by atoms with Gasteiger partial charge in [0, 0.05) is 25.3 Å². The summed E-state index contributed by atoms with van der Waals surface area (Å²) in [6.45, 7) is 14.8. The van der Waals surface area contributed by atoms with Crippen LogP contribution in [0.2, 0.25) is 0 Å². The zero-order valence-electron chi connectivity index (χ0n) is 24.2. The first-order chi connectivity index (χ1) is 19.2. The second kappa shape index (κ2) is 12.7. The van der Waals surface area contributed by atoms with E-state index in [0.29, 0.717) is 38.9 Å². The van der Waals surface area contributed by atoms with Crippen molar-refractivity contribution < 1.29 is 24.2 Å². The minimum Gasteiger partial charge on any atom is -0.394 e. The summed E-state index contributed by atoms with van der Waals surface area (Å²) < 4.78 is 6.66. The first kappa shape index (κ1) is 30.0. The monoisotopic (exact) mass is 551 g/mol.